The van der Waals surface area contributed by atoms with Crippen LogP contribution in [0.25, 0.3) is 11.4 Å². The molecule has 1 N–H and O–H groups in total. The number of ether oxygens (including phenoxy) is 1. The van der Waals surface area contributed by atoms with E-state index in [1.54, 1.807) is 0 Å². The maximum atomic E-state index is 12.1. The van der Waals surface area contributed by atoms with E-state index in [9.17, 15) is 13.2 Å². The van der Waals surface area contributed by atoms with Crippen molar-refractivity contribution in [1.82, 2.24) is 10.1 Å². The molecule has 0 radical (unpaired) electrons. The molecule has 3 aromatic rings. The van der Waals surface area contributed by atoms with Crippen LogP contribution in [0.5, 0.6) is 5.75 Å². The number of aryl methyl sites for hydroxylation is 1. The van der Waals surface area contributed by atoms with Crippen LogP contribution in [-0.4, -0.2) is 16.5 Å². The number of benzene rings is 2. The highest BCUT2D eigenvalue weighted by atomic mass is 19.4. The molecular weight excluding hydrogens is 335 g/mol. The summed E-state index contributed by atoms with van der Waals surface area (Å²) < 4.78 is 45.3. The molecule has 0 atom stereocenters. The molecule has 0 aliphatic heterocycles. The highest BCUT2D eigenvalue weighted by Gasteiger charge is 2.30. The standard InChI is InChI=1S/C17H14F3N3O2/c1-11-2-4-12(5-3-11)16-22-15(25-23-16)10-21-13-6-8-14(9-7-13)24-17(18,19)20/h2-9,21H,10H2,1H3. The van der Waals surface area contributed by atoms with Crippen LogP contribution < -0.4 is 10.1 Å². The smallest absolute Gasteiger partial charge is 0.406 e. The van der Waals surface area contributed by atoms with Gasteiger partial charge in [0, 0.05) is 11.3 Å². The molecule has 0 fully saturated rings. The van der Waals surface area contributed by atoms with Gasteiger partial charge in [0.15, 0.2) is 0 Å². The Morgan fingerprint density at radius 3 is 2.36 bits per heavy atom. The average molecular weight is 349 g/mol. The van der Waals surface area contributed by atoms with E-state index in [0.29, 0.717) is 17.4 Å². The SMILES string of the molecule is Cc1ccc(-c2noc(CNc3ccc(OC(F)(F)F)cc3)n2)cc1. The Morgan fingerprint density at radius 2 is 1.72 bits per heavy atom. The summed E-state index contributed by atoms with van der Waals surface area (Å²) in [6, 6.07) is 13.1. The number of halogens is 3. The Bertz CT molecular complexity index is 828. The van der Waals surface area contributed by atoms with Crippen molar-refractivity contribution in [3.63, 3.8) is 0 Å². The number of nitrogens with one attached hydrogen (secondary N) is 1. The highest BCUT2D eigenvalue weighted by molar-refractivity contribution is 5.54. The van der Waals surface area contributed by atoms with Gasteiger partial charge in [0.1, 0.15) is 5.75 Å². The fourth-order valence-corrected chi connectivity index (χ4v) is 2.10. The predicted molar refractivity (Wildman–Crippen MR) is 84.9 cm³/mol. The van der Waals surface area contributed by atoms with Gasteiger partial charge in [0.2, 0.25) is 11.7 Å². The number of alkyl halides is 3. The van der Waals surface area contributed by atoms with Crippen molar-refractivity contribution in [2.45, 2.75) is 19.8 Å². The Morgan fingerprint density at radius 1 is 1.04 bits per heavy atom. The van der Waals surface area contributed by atoms with E-state index in [-0.39, 0.29) is 12.3 Å². The molecule has 25 heavy (non-hydrogen) atoms. The third-order valence-corrected chi connectivity index (χ3v) is 3.31. The van der Waals surface area contributed by atoms with Crippen molar-refractivity contribution < 1.29 is 22.4 Å². The molecule has 8 heteroatoms. The molecule has 1 aromatic heterocycles. The summed E-state index contributed by atoms with van der Waals surface area (Å²) in [7, 11) is 0. The first-order chi connectivity index (χ1) is 11.9. The third kappa shape index (κ3) is 4.72. The van der Waals surface area contributed by atoms with Crippen LogP contribution in [0.15, 0.2) is 53.1 Å². The minimum atomic E-state index is -4.70. The van der Waals surface area contributed by atoms with Gasteiger partial charge >= 0.3 is 6.36 Å². The van der Waals surface area contributed by atoms with Crippen LogP contribution in [0.4, 0.5) is 18.9 Å². The van der Waals surface area contributed by atoms with Crippen molar-refractivity contribution in [3.8, 4) is 17.1 Å². The molecule has 0 amide bonds. The first-order valence-corrected chi connectivity index (χ1v) is 7.38. The normalized spacial score (nSPS) is 11.4. The van der Waals surface area contributed by atoms with Gasteiger partial charge in [-0.05, 0) is 31.2 Å². The second kappa shape index (κ2) is 6.84. The molecule has 5 nitrogen and oxygen atoms in total. The first-order valence-electron chi connectivity index (χ1n) is 7.38. The van der Waals surface area contributed by atoms with E-state index in [1.165, 1.54) is 24.3 Å². The molecule has 0 bridgehead atoms. The van der Waals surface area contributed by atoms with E-state index in [2.05, 4.69) is 20.2 Å². The van der Waals surface area contributed by atoms with Crippen LogP contribution in [0.3, 0.4) is 0 Å². The van der Waals surface area contributed by atoms with Crippen LogP contribution in [0.2, 0.25) is 0 Å². The Labute approximate surface area is 141 Å². The lowest BCUT2D eigenvalue weighted by Crippen LogP contribution is -2.17. The number of rotatable bonds is 5. The number of hydrogen-bond acceptors (Lipinski definition) is 5. The second-order valence-electron chi connectivity index (χ2n) is 5.30. The van der Waals surface area contributed by atoms with Crippen molar-refractivity contribution in [2.75, 3.05) is 5.32 Å². The Hall–Kier alpha value is -3.03. The van der Waals surface area contributed by atoms with Gasteiger partial charge in [-0.15, -0.1) is 13.2 Å². The summed E-state index contributed by atoms with van der Waals surface area (Å²) in [6.07, 6.45) is -4.70. The summed E-state index contributed by atoms with van der Waals surface area (Å²) in [5, 5.41) is 6.90. The fourth-order valence-electron chi connectivity index (χ4n) is 2.10. The molecule has 1 heterocycles. The van der Waals surface area contributed by atoms with Crippen LogP contribution >= 0.6 is 0 Å². The summed E-state index contributed by atoms with van der Waals surface area (Å²) in [6.45, 7) is 2.23. The minimum absolute atomic E-state index is 0.248. The third-order valence-electron chi connectivity index (χ3n) is 3.31. The predicted octanol–water partition coefficient (Wildman–Crippen LogP) is 4.56. The van der Waals surface area contributed by atoms with Crippen molar-refractivity contribution >= 4 is 5.69 Å². The van der Waals surface area contributed by atoms with Gasteiger partial charge in [0.05, 0.1) is 6.54 Å². The van der Waals surface area contributed by atoms with E-state index >= 15 is 0 Å². The van der Waals surface area contributed by atoms with Gasteiger partial charge < -0.3 is 14.6 Å². The van der Waals surface area contributed by atoms with Gasteiger partial charge in [-0.2, -0.15) is 4.98 Å². The highest BCUT2D eigenvalue weighted by Crippen LogP contribution is 2.24. The number of aromatic nitrogens is 2. The molecular formula is C17H14F3N3O2. The van der Waals surface area contributed by atoms with Crippen molar-refractivity contribution in [1.29, 1.82) is 0 Å². The molecule has 0 unspecified atom stereocenters. The van der Waals surface area contributed by atoms with E-state index in [1.807, 2.05) is 31.2 Å². The summed E-state index contributed by atoms with van der Waals surface area (Å²) in [4.78, 5) is 4.28. The maximum absolute atomic E-state index is 12.1. The van der Waals surface area contributed by atoms with Crippen LogP contribution in [-0.2, 0) is 6.54 Å². The van der Waals surface area contributed by atoms with Gasteiger partial charge in [-0.1, -0.05) is 35.0 Å². The maximum Gasteiger partial charge on any atom is 0.573 e. The average Bonchev–Trinajstić information content (AvgIpc) is 3.02. The van der Waals surface area contributed by atoms with Gasteiger partial charge in [0.25, 0.3) is 0 Å². The lowest BCUT2D eigenvalue weighted by Gasteiger charge is -2.09. The lowest BCUT2D eigenvalue weighted by molar-refractivity contribution is -0.274. The molecule has 3 rings (SSSR count). The van der Waals surface area contributed by atoms with E-state index in [0.717, 1.165) is 11.1 Å². The Balaban J connectivity index is 1.59. The minimum Gasteiger partial charge on any atom is -0.406 e. The molecule has 0 aliphatic rings. The Kier molecular flexibility index (Phi) is 4.60. The fraction of sp³-hybridized carbons (Fsp3) is 0.176. The quantitative estimate of drug-likeness (QED) is 0.732. The first kappa shape index (κ1) is 16.8. The van der Waals surface area contributed by atoms with Gasteiger partial charge in [-0.3, -0.25) is 0 Å². The van der Waals surface area contributed by atoms with Gasteiger partial charge in [-0.25, -0.2) is 0 Å². The van der Waals surface area contributed by atoms with E-state index < -0.39 is 6.36 Å². The zero-order chi connectivity index (χ0) is 17.9. The number of nitrogens with zero attached hydrogens (tertiary/aromatic N) is 2. The zero-order valence-corrected chi connectivity index (χ0v) is 13.2. The molecule has 2 aromatic carbocycles. The summed E-state index contributed by atoms with van der Waals surface area (Å²) in [5.74, 6) is 0.564. The van der Waals surface area contributed by atoms with E-state index in [4.69, 9.17) is 4.52 Å². The second-order valence-corrected chi connectivity index (χ2v) is 5.30. The van der Waals surface area contributed by atoms with Crippen LogP contribution in [0, 0.1) is 6.92 Å². The number of hydrogen-bond donors (Lipinski definition) is 1. The van der Waals surface area contributed by atoms with Crippen LogP contribution in [0.1, 0.15) is 11.5 Å². The van der Waals surface area contributed by atoms with Crippen molar-refractivity contribution in [2.24, 2.45) is 0 Å². The molecule has 0 saturated carbocycles. The summed E-state index contributed by atoms with van der Waals surface area (Å²) in [5.41, 5.74) is 2.57. The molecule has 0 aliphatic carbocycles. The number of anilines is 1. The monoisotopic (exact) mass is 349 g/mol. The molecule has 130 valence electrons. The lowest BCUT2D eigenvalue weighted by atomic mass is 10.1. The molecule has 0 spiro atoms. The topological polar surface area (TPSA) is 60.2 Å². The molecule has 0 saturated heterocycles. The largest absolute Gasteiger partial charge is 0.573 e. The van der Waals surface area contributed by atoms with Crippen molar-refractivity contribution in [3.05, 3.63) is 60.0 Å². The summed E-state index contributed by atoms with van der Waals surface area (Å²) >= 11 is 0. The zero-order valence-electron chi connectivity index (χ0n) is 13.2.